The lowest BCUT2D eigenvalue weighted by molar-refractivity contribution is -0.114. The molecule has 38 heavy (non-hydrogen) atoms. The Balaban J connectivity index is 1.68. The highest BCUT2D eigenvalue weighted by Crippen LogP contribution is 2.33. The number of ether oxygens (including phenoxy) is 2. The maximum Gasteiger partial charge on any atom is 0.268 e. The molecule has 0 saturated heterocycles. The van der Waals surface area contributed by atoms with Gasteiger partial charge in [-0.3, -0.25) is 9.10 Å². The van der Waals surface area contributed by atoms with Gasteiger partial charge in [0, 0.05) is 18.0 Å². The van der Waals surface area contributed by atoms with E-state index in [0.717, 1.165) is 26.3 Å². The molecule has 3 aromatic carbocycles. The first-order valence-electron chi connectivity index (χ1n) is 11.6. The van der Waals surface area contributed by atoms with Crippen LogP contribution < -0.4 is 24.4 Å². The average molecular weight is 553 g/mol. The Labute approximate surface area is 226 Å². The van der Waals surface area contributed by atoms with Gasteiger partial charge in [0.05, 0.1) is 31.3 Å². The molecule has 0 fully saturated rings. The van der Waals surface area contributed by atoms with E-state index >= 15 is 0 Å². The molecule has 0 aliphatic rings. The molecule has 198 valence electrons. The lowest BCUT2D eigenvalue weighted by atomic mass is 10.1. The van der Waals surface area contributed by atoms with Crippen molar-refractivity contribution in [1.29, 1.82) is 0 Å². The molecule has 0 radical (unpaired) electrons. The molecule has 1 aromatic heterocycles. The Morgan fingerprint density at radius 3 is 2.37 bits per heavy atom. The zero-order valence-electron chi connectivity index (χ0n) is 21.4. The first kappa shape index (κ1) is 27.0. The minimum atomic E-state index is -4.17. The highest BCUT2D eigenvalue weighted by Gasteiger charge is 2.30. The van der Waals surface area contributed by atoms with Gasteiger partial charge >= 0.3 is 0 Å². The molecule has 0 atom stereocenters. The van der Waals surface area contributed by atoms with Crippen LogP contribution in [0, 0.1) is 6.92 Å². The van der Waals surface area contributed by atoms with E-state index in [1.54, 1.807) is 68.6 Å². The molecule has 0 bridgehead atoms. The van der Waals surface area contributed by atoms with Gasteiger partial charge in [0.25, 0.3) is 10.0 Å². The molecule has 9 nitrogen and oxygen atoms in total. The van der Waals surface area contributed by atoms with Crippen molar-refractivity contribution < 1.29 is 22.7 Å². The lowest BCUT2D eigenvalue weighted by Gasteiger charge is -2.25. The fourth-order valence-electron chi connectivity index (χ4n) is 3.82. The summed E-state index contributed by atoms with van der Waals surface area (Å²) < 4.78 is 39.6. The molecular weight excluding hydrogens is 524 g/mol. The van der Waals surface area contributed by atoms with Crippen LogP contribution in [0.3, 0.4) is 0 Å². The van der Waals surface area contributed by atoms with Crippen molar-refractivity contribution in [2.24, 2.45) is 0 Å². The molecule has 0 saturated carbocycles. The number of nitrogens with one attached hydrogen (secondary N) is 2. The minimum Gasteiger partial charge on any atom is -0.495 e. The Morgan fingerprint density at radius 1 is 1.00 bits per heavy atom. The highest BCUT2D eigenvalue weighted by molar-refractivity contribution is 7.93. The third-order valence-corrected chi connectivity index (χ3v) is 8.36. The second-order valence-electron chi connectivity index (χ2n) is 8.25. The van der Waals surface area contributed by atoms with E-state index in [9.17, 15) is 13.2 Å². The number of carbonyl (C=O) groups is 1. The zero-order chi connectivity index (χ0) is 27.3. The van der Waals surface area contributed by atoms with Gasteiger partial charge in [0.1, 0.15) is 22.9 Å². The van der Waals surface area contributed by atoms with E-state index in [4.69, 9.17) is 9.47 Å². The predicted molar refractivity (Wildman–Crippen MR) is 151 cm³/mol. The highest BCUT2D eigenvalue weighted by atomic mass is 32.2. The number of hydrogen-bond acceptors (Lipinski definition) is 8. The molecule has 4 aromatic rings. The van der Waals surface area contributed by atoms with Crippen LogP contribution in [0.15, 0.2) is 77.0 Å². The molecule has 11 heteroatoms. The number of amides is 1. The molecule has 1 heterocycles. The number of aryl methyl sites for hydroxylation is 1. The van der Waals surface area contributed by atoms with E-state index < -0.39 is 22.5 Å². The molecule has 4 rings (SSSR count). The van der Waals surface area contributed by atoms with E-state index in [2.05, 4.69) is 15.6 Å². The number of rotatable bonds is 10. The van der Waals surface area contributed by atoms with Crippen molar-refractivity contribution in [2.75, 3.05) is 42.8 Å². The molecule has 0 spiro atoms. The van der Waals surface area contributed by atoms with Crippen LogP contribution in [0.4, 0.5) is 16.5 Å². The Bertz CT molecular complexity index is 1540. The van der Waals surface area contributed by atoms with Gasteiger partial charge in [-0.25, -0.2) is 13.4 Å². The van der Waals surface area contributed by atoms with Crippen molar-refractivity contribution in [1.82, 2.24) is 4.98 Å². The molecule has 0 aliphatic carbocycles. The van der Waals surface area contributed by atoms with Crippen molar-refractivity contribution >= 4 is 43.8 Å². The third-order valence-electron chi connectivity index (χ3n) is 5.71. The molecule has 2 N–H and O–H groups in total. The topological polar surface area (TPSA) is 110 Å². The largest absolute Gasteiger partial charge is 0.495 e. The van der Waals surface area contributed by atoms with Crippen molar-refractivity contribution in [3.05, 3.63) is 77.7 Å². The first-order valence-corrected chi connectivity index (χ1v) is 13.9. The number of aromatic nitrogens is 1. The van der Waals surface area contributed by atoms with E-state index in [-0.39, 0.29) is 10.6 Å². The van der Waals surface area contributed by atoms with Crippen LogP contribution in [-0.2, 0) is 14.8 Å². The second-order valence-corrected chi connectivity index (χ2v) is 10.9. The molecule has 1 amide bonds. The van der Waals surface area contributed by atoms with Gasteiger partial charge < -0.3 is 20.1 Å². The first-order chi connectivity index (χ1) is 18.3. The average Bonchev–Trinajstić information content (AvgIpc) is 3.41. The molecule has 0 aliphatic heterocycles. The van der Waals surface area contributed by atoms with Crippen LogP contribution in [0.1, 0.15) is 5.56 Å². The lowest BCUT2D eigenvalue weighted by Crippen LogP contribution is -2.38. The minimum absolute atomic E-state index is 0.0277. The number of sulfonamides is 1. The number of anilines is 3. The smallest absolute Gasteiger partial charge is 0.268 e. The molecular formula is C27H28N4O5S2. The number of benzene rings is 3. The fraction of sp³-hybridized carbons (Fsp3) is 0.185. The van der Waals surface area contributed by atoms with E-state index in [0.29, 0.717) is 17.1 Å². The summed E-state index contributed by atoms with van der Waals surface area (Å²) in [5.41, 5.74) is 2.99. The summed E-state index contributed by atoms with van der Waals surface area (Å²) in [4.78, 5) is 17.8. The summed E-state index contributed by atoms with van der Waals surface area (Å²) in [6, 6.07) is 18.7. The number of para-hydroxylation sites is 1. The fourth-order valence-corrected chi connectivity index (χ4v) is 6.17. The Hall–Kier alpha value is -4.09. The summed E-state index contributed by atoms with van der Waals surface area (Å²) in [7, 11) is 0.524. The summed E-state index contributed by atoms with van der Waals surface area (Å²) in [6.45, 7) is 1.32. The van der Waals surface area contributed by atoms with Crippen LogP contribution in [-0.4, -0.2) is 47.1 Å². The summed E-state index contributed by atoms with van der Waals surface area (Å²) in [5.74, 6) is 0.0739. The van der Waals surface area contributed by atoms with Crippen molar-refractivity contribution in [3.8, 4) is 22.8 Å². The standard InChI is InChI=1S/C27H28N4O5S2/c1-18-10-12-24(36-4)25(14-18)38(33,34)31(20-8-6-5-7-9-20)16-26(32)29-21-15-19(11-13-23(21)35-3)22-17-37-27(28-2)30-22/h5-15,17H,16H2,1-4H3,(H,28,30)(H,29,32). The zero-order valence-corrected chi connectivity index (χ0v) is 23.0. The quantitative estimate of drug-likeness (QED) is 0.285. The van der Waals surface area contributed by atoms with Crippen LogP contribution >= 0.6 is 11.3 Å². The van der Waals surface area contributed by atoms with Gasteiger partial charge in [0.2, 0.25) is 5.91 Å². The maximum atomic E-state index is 13.9. The number of methoxy groups -OCH3 is 2. The number of hydrogen-bond donors (Lipinski definition) is 2. The summed E-state index contributed by atoms with van der Waals surface area (Å²) in [6.07, 6.45) is 0. The SMILES string of the molecule is CNc1nc(-c2ccc(OC)c(NC(=O)CN(c3ccccc3)S(=O)(=O)c3cc(C)ccc3OC)c2)cs1. The van der Waals surface area contributed by atoms with Gasteiger partial charge in [-0.05, 0) is 55.0 Å². The molecule has 0 unspecified atom stereocenters. The van der Waals surface area contributed by atoms with Gasteiger partial charge in [-0.1, -0.05) is 24.3 Å². The maximum absolute atomic E-state index is 13.9. The Morgan fingerprint density at radius 2 is 1.71 bits per heavy atom. The second kappa shape index (κ2) is 11.5. The number of thiazole rings is 1. The van der Waals surface area contributed by atoms with Gasteiger partial charge in [0.15, 0.2) is 5.13 Å². The third kappa shape index (κ3) is 5.74. The number of nitrogens with zero attached hydrogens (tertiary/aromatic N) is 2. The number of carbonyl (C=O) groups excluding carboxylic acids is 1. The predicted octanol–water partition coefficient (Wildman–Crippen LogP) is 5.01. The van der Waals surface area contributed by atoms with Gasteiger partial charge in [-0.15, -0.1) is 11.3 Å². The van der Waals surface area contributed by atoms with E-state index in [1.165, 1.54) is 31.6 Å². The van der Waals surface area contributed by atoms with Crippen LogP contribution in [0.25, 0.3) is 11.3 Å². The summed E-state index contributed by atoms with van der Waals surface area (Å²) in [5, 5.41) is 8.48. The summed E-state index contributed by atoms with van der Waals surface area (Å²) >= 11 is 1.46. The van der Waals surface area contributed by atoms with Gasteiger partial charge in [-0.2, -0.15) is 0 Å². The van der Waals surface area contributed by atoms with E-state index in [1.807, 2.05) is 11.4 Å². The monoisotopic (exact) mass is 552 g/mol. The normalized spacial score (nSPS) is 11.1. The van der Waals surface area contributed by atoms with Crippen molar-refractivity contribution in [3.63, 3.8) is 0 Å². The van der Waals surface area contributed by atoms with Crippen LogP contribution in [0.2, 0.25) is 0 Å². The van der Waals surface area contributed by atoms with Crippen molar-refractivity contribution in [2.45, 2.75) is 11.8 Å². The Kier molecular flexibility index (Phi) is 8.18. The van der Waals surface area contributed by atoms with Crippen LogP contribution in [0.5, 0.6) is 11.5 Å².